The second-order valence-electron chi connectivity index (χ2n) is 5.47. The molecule has 0 saturated carbocycles. The summed E-state index contributed by atoms with van der Waals surface area (Å²) >= 11 is 0. The molecule has 0 aliphatic carbocycles. The molecule has 4 nitrogen and oxygen atoms in total. The number of hydrogen-bond donors (Lipinski definition) is 1. The molecule has 2 atom stereocenters. The van der Waals surface area contributed by atoms with Crippen LogP contribution in [0.4, 0.5) is 0 Å². The molecular weight excluding hydrogens is 252 g/mol. The minimum Gasteiger partial charge on any atom is -0.469 e. The van der Waals surface area contributed by atoms with Crippen LogP contribution in [0, 0.1) is 5.92 Å². The van der Waals surface area contributed by atoms with Gasteiger partial charge in [0.05, 0.1) is 13.0 Å². The molecule has 0 bridgehead atoms. The van der Waals surface area contributed by atoms with Crippen LogP contribution in [0.2, 0.25) is 0 Å². The van der Waals surface area contributed by atoms with Crippen molar-refractivity contribution in [2.75, 3.05) is 33.3 Å². The lowest BCUT2D eigenvalue weighted by atomic mass is 9.94. The van der Waals surface area contributed by atoms with Gasteiger partial charge in [0, 0.05) is 25.6 Å². The Labute approximate surface area is 120 Å². The van der Waals surface area contributed by atoms with E-state index in [1.54, 1.807) is 0 Å². The molecule has 1 saturated heterocycles. The molecule has 0 amide bonds. The third-order valence-corrected chi connectivity index (χ3v) is 4.07. The van der Waals surface area contributed by atoms with Gasteiger partial charge in [0.15, 0.2) is 0 Å². The molecule has 1 aliphatic rings. The number of ether oxygens (including phenoxy) is 1. The van der Waals surface area contributed by atoms with E-state index >= 15 is 0 Å². The highest BCUT2D eigenvalue weighted by molar-refractivity contribution is 5.72. The van der Waals surface area contributed by atoms with Gasteiger partial charge in [0.25, 0.3) is 0 Å². The van der Waals surface area contributed by atoms with Crippen molar-refractivity contribution in [2.24, 2.45) is 11.7 Å². The number of nitrogens with zero attached hydrogens (tertiary/aromatic N) is 1. The average molecular weight is 276 g/mol. The molecule has 20 heavy (non-hydrogen) atoms. The van der Waals surface area contributed by atoms with Gasteiger partial charge < -0.3 is 15.4 Å². The SMILES string of the molecule is COC(=O)C1CCCN(CC(CN)c2ccccc2)C1. The van der Waals surface area contributed by atoms with Crippen molar-refractivity contribution in [1.82, 2.24) is 4.90 Å². The third-order valence-electron chi connectivity index (χ3n) is 4.07. The van der Waals surface area contributed by atoms with Crippen LogP contribution >= 0.6 is 0 Å². The highest BCUT2D eigenvalue weighted by Crippen LogP contribution is 2.22. The normalized spacial score (nSPS) is 21.4. The fourth-order valence-corrected chi connectivity index (χ4v) is 2.93. The maximum atomic E-state index is 11.7. The quantitative estimate of drug-likeness (QED) is 0.830. The standard InChI is InChI=1S/C16H24N2O2/c1-20-16(19)14-8-5-9-18(11-14)12-15(10-17)13-6-3-2-4-7-13/h2-4,6-7,14-15H,5,8-12,17H2,1H3. The zero-order chi connectivity index (χ0) is 14.4. The van der Waals surface area contributed by atoms with Gasteiger partial charge in [-0.3, -0.25) is 4.79 Å². The molecule has 1 aromatic rings. The average Bonchev–Trinajstić information content (AvgIpc) is 2.53. The van der Waals surface area contributed by atoms with Gasteiger partial charge in [-0.1, -0.05) is 30.3 Å². The van der Waals surface area contributed by atoms with Crippen molar-refractivity contribution in [1.29, 1.82) is 0 Å². The van der Waals surface area contributed by atoms with Crippen molar-refractivity contribution >= 4 is 5.97 Å². The summed E-state index contributed by atoms with van der Waals surface area (Å²) in [6, 6.07) is 10.4. The number of carbonyl (C=O) groups is 1. The first-order valence-corrected chi connectivity index (χ1v) is 7.29. The number of hydrogen-bond acceptors (Lipinski definition) is 4. The maximum absolute atomic E-state index is 11.7. The van der Waals surface area contributed by atoms with E-state index in [0.29, 0.717) is 12.5 Å². The largest absolute Gasteiger partial charge is 0.469 e. The molecule has 2 N–H and O–H groups in total. The van der Waals surface area contributed by atoms with Crippen molar-refractivity contribution < 1.29 is 9.53 Å². The van der Waals surface area contributed by atoms with E-state index in [-0.39, 0.29) is 11.9 Å². The number of nitrogens with two attached hydrogens (primary N) is 1. The minimum absolute atomic E-state index is 0.0166. The second-order valence-corrected chi connectivity index (χ2v) is 5.47. The van der Waals surface area contributed by atoms with E-state index in [4.69, 9.17) is 10.5 Å². The fourth-order valence-electron chi connectivity index (χ4n) is 2.93. The number of likely N-dealkylation sites (tertiary alicyclic amines) is 1. The molecule has 110 valence electrons. The summed E-state index contributed by atoms with van der Waals surface area (Å²) in [4.78, 5) is 14.0. The van der Waals surface area contributed by atoms with Crippen LogP contribution in [0.1, 0.15) is 24.3 Å². The molecular formula is C16H24N2O2. The molecule has 1 aliphatic heterocycles. The summed E-state index contributed by atoms with van der Waals surface area (Å²) < 4.78 is 4.86. The highest BCUT2D eigenvalue weighted by atomic mass is 16.5. The van der Waals surface area contributed by atoms with Gasteiger partial charge in [-0.2, -0.15) is 0 Å². The van der Waals surface area contributed by atoms with Crippen molar-refractivity contribution in [3.8, 4) is 0 Å². The van der Waals surface area contributed by atoms with Gasteiger partial charge in [0.2, 0.25) is 0 Å². The summed E-state index contributed by atoms with van der Waals surface area (Å²) in [5, 5.41) is 0. The lowest BCUT2D eigenvalue weighted by molar-refractivity contribution is -0.147. The lowest BCUT2D eigenvalue weighted by Crippen LogP contribution is -2.42. The number of benzene rings is 1. The minimum atomic E-state index is -0.0845. The Balaban J connectivity index is 1.96. The summed E-state index contributed by atoms with van der Waals surface area (Å²) in [5.74, 6) is 0.259. The molecule has 2 rings (SSSR count). The Kier molecular flexibility index (Phi) is 5.56. The third kappa shape index (κ3) is 3.81. The van der Waals surface area contributed by atoms with Gasteiger partial charge >= 0.3 is 5.97 Å². The van der Waals surface area contributed by atoms with Gasteiger partial charge in [-0.05, 0) is 24.9 Å². The number of rotatable bonds is 5. The Bertz CT molecular complexity index is 422. The van der Waals surface area contributed by atoms with Gasteiger partial charge in [0.1, 0.15) is 0 Å². The van der Waals surface area contributed by atoms with E-state index in [2.05, 4.69) is 17.0 Å². The molecule has 0 spiro atoms. The first-order chi connectivity index (χ1) is 9.74. The van der Waals surface area contributed by atoms with Crippen LogP contribution in [0.15, 0.2) is 30.3 Å². The first-order valence-electron chi connectivity index (χ1n) is 7.29. The maximum Gasteiger partial charge on any atom is 0.309 e. The predicted octanol–water partition coefficient (Wildman–Crippen LogP) is 1.61. The molecule has 1 aromatic carbocycles. The zero-order valence-electron chi connectivity index (χ0n) is 12.1. The monoisotopic (exact) mass is 276 g/mol. The molecule has 1 heterocycles. The van der Waals surface area contributed by atoms with Crippen LogP contribution < -0.4 is 5.73 Å². The van der Waals surface area contributed by atoms with Gasteiger partial charge in [-0.25, -0.2) is 0 Å². The number of carbonyl (C=O) groups excluding carboxylic acids is 1. The van der Waals surface area contributed by atoms with Crippen LogP contribution in [-0.4, -0.2) is 44.2 Å². The zero-order valence-corrected chi connectivity index (χ0v) is 12.1. The molecule has 4 heteroatoms. The number of esters is 1. The summed E-state index contributed by atoms with van der Waals surface area (Å²) in [6.45, 7) is 3.37. The van der Waals surface area contributed by atoms with Crippen LogP contribution in [0.3, 0.4) is 0 Å². The van der Waals surface area contributed by atoms with Crippen LogP contribution in [-0.2, 0) is 9.53 Å². The fraction of sp³-hybridized carbons (Fsp3) is 0.562. The molecule has 2 unspecified atom stereocenters. The summed E-state index contributed by atoms with van der Waals surface area (Å²) in [6.07, 6.45) is 1.98. The second kappa shape index (κ2) is 7.41. The predicted molar refractivity (Wildman–Crippen MR) is 79.4 cm³/mol. The van der Waals surface area contributed by atoms with E-state index in [1.807, 2.05) is 18.2 Å². The van der Waals surface area contributed by atoms with Gasteiger partial charge in [-0.15, -0.1) is 0 Å². The molecule has 1 fully saturated rings. The summed E-state index contributed by atoms with van der Waals surface area (Å²) in [5.41, 5.74) is 7.20. The van der Waals surface area contributed by atoms with Crippen LogP contribution in [0.25, 0.3) is 0 Å². The Morgan fingerprint density at radius 2 is 2.20 bits per heavy atom. The Hall–Kier alpha value is -1.39. The molecule has 0 aromatic heterocycles. The molecule has 0 radical (unpaired) electrons. The van der Waals surface area contributed by atoms with Crippen molar-refractivity contribution in [3.63, 3.8) is 0 Å². The number of piperidine rings is 1. The Morgan fingerprint density at radius 1 is 1.45 bits per heavy atom. The number of methoxy groups -OCH3 is 1. The van der Waals surface area contributed by atoms with E-state index in [1.165, 1.54) is 12.7 Å². The van der Waals surface area contributed by atoms with E-state index in [9.17, 15) is 4.79 Å². The van der Waals surface area contributed by atoms with Crippen molar-refractivity contribution in [3.05, 3.63) is 35.9 Å². The van der Waals surface area contributed by atoms with Crippen molar-refractivity contribution in [2.45, 2.75) is 18.8 Å². The van der Waals surface area contributed by atoms with E-state index in [0.717, 1.165) is 32.5 Å². The highest BCUT2D eigenvalue weighted by Gasteiger charge is 2.27. The van der Waals surface area contributed by atoms with Crippen LogP contribution in [0.5, 0.6) is 0 Å². The topological polar surface area (TPSA) is 55.6 Å². The smallest absolute Gasteiger partial charge is 0.309 e. The first kappa shape index (κ1) is 15.0. The lowest BCUT2D eigenvalue weighted by Gasteiger charge is -2.33. The summed E-state index contributed by atoms with van der Waals surface area (Å²) in [7, 11) is 1.47. The van der Waals surface area contributed by atoms with E-state index < -0.39 is 0 Å². The Morgan fingerprint density at radius 3 is 2.85 bits per heavy atom.